The second-order valence-corrected chi connectivity index (χ2v) is 5.85. The quantitative estimate of drug-likeness (QED) is 0.801. The Labute approximate surface area is 130 Å². The first-order valence-corrected chi connectivity index (χ1v) is 7.33. The lowest BCUT2D eigenvalue weighted by molar-refractivity contribution is -0.216. The number of carbonyl (C=O) groups excluding carboxylic acids is 1. The first-order chi connectivity index (χ1) is 10.8. The number of aromatic amines is 1. The number of hydrogen-bond donors (Lipinski definition) is 3. The monoisotopic (exact) mass is 322 g/mol. The molecule has 0 atom stereocenters. The molecule has 23 heavy (non-hydrogen) atoms. The summed E-state index contributed by atoms with van der Waals surface area (Å²) >= 11 is 0. The molecular formula is C16H16F2N2O3. The molecule has 2 aromatic rings. The molecule has 3 N–H and O–H groups in total. The number of para-hydroxylation sites is 1. The number of alkyl halides is 2. The van der Waals surface area contributed by atoms with E-state index >= 15 is 0 Å². The maximum Gasteiger partial charge on any atom is 0.352 e. The minimum atomic E-state index is -3.84. The molecule has 0 radical (unpaired) electrons. The molecule has 1 aliphatic carbocycles. The van der Waals surface area contributed by atoms with Crippen molar-refractivity contribution in [2.24, 2.45) is 0 Å². The molecular weight excluding hydrogens is 306 g/mol. The Morgan fingerprint density at radius 2 is 2.04 bits per heavy atom. The van der Waals surface area contributed by atoms with Crippen LogP contribution in [-0.2, 0) is 11.3 Å². The van der Waals surface area contributed by atoms with Gasteiger partial charge in [0.2, 0.25) is 5.56 Å². The number of rotatable bonds is 4. The van der Waals surface area contributed by atoms with Gasteiger partial charge in [-0.1, -0.05) is 18.2 Å². The minimum Gasteiger partial charge on any atom is -0.383 e. The van der Waals surface area contributed by atoms with E-state index in [0.717, 1.165) is 0 Å². The van der Waals surface area contributed by atoms with Crippen molar-refractivity contribution in [3.8, 4) is 0 Å². The third kappa shape index (κ3) is 2.61. The first-order valence-electron chi connectivity index (χ1n) is 7.33. The molecule has 3 rings (SSSR count). The fourth-order valence-corrected chi connectivity index (χ4v) is 2.75. The predicted octanol–water partition coefficient (Wildman–Crippen LogP) is 1.69. The van der Waals surface area contributed by atoms with Gasteiger partial charge in [-0.3, -0.25) is 9.59 Å². The highest BCUT2D eigenvalue weighted by Gasteiger charge is 2.61. The van der Waals surface area contributed by atoms with E-state index in [4.69, 9.17) is 0 Å². The highest BCUT2D eigenvalue weighted by atomic mass is 19.3. The van der Waals surface area contributed by atoms with Crippen molar-refractivity contribution >= 4 is 16.8 Å². The maximum absolute atomic E-state index is 14.0. The molecule has 0 bridgehead atoms. The molecule has 1 saturated carbocycles. The maximum atomic E-state index is 14.0. The number of amides is 1. The van der Waals surface area contributed by atoms with Crippen LogP contribution in [0.5, 0.6) is 0 Å². The lowest BCUT2D eigenvalue weighted by atomic mass is 9.75. The number of aromatic nitrogens is 1. The number of carbonyl (C=O) groups is 1. The van der Waals surface area contributed by atoms with Crippen LogP contribution in [0.3, 0.4) is 0 Å². The molecule has 1 aromatic carbocycles. The van der Waals surface area contributed by atoms with Gasteiger partial charge in [0.05, 0.1) is 0 Å². The Morgan fingerprint density at radius 3 is 2.70 bits per heavy atom. The third-order valence-corrected chi connectivity index (χ3v) is 4.33. The van der Waals surface area contributed by atoms with Gasteiger partial charge in [-0.2, -0.15) is 8.78 Å². The second-order valence-electron chi connectivity index (χ2n) is 5.85. The van der Waals surface area contributed by atoms with Crippen molar-refractivity contribution in [1.29, 1.82) is 0 Å². The molecule has 1 heterocycles. The van der Waals surface area contributed by atoms with Crippen LogP contribution in [0.2, 0.25) is 0 Å². The summed E-state index contributed by atoms with van der Waals surface area (Å²) in [5, 5.41) is 12.6. The molecule has 7 heteroatoms. The summed E-state index contributed by atoms with van der Waals surface area (Å²) in [6.07, 6.45) is 0.279. The topological polar surface area (TPSA) is 82.2 Å². The van der Waals surface area contributed by atoms with Gasteiger partial charge >= 0.3 is 5.92 Å². The zero-order chi connectivity index (χ0) is 16.7. The SMILES string of the molecule is O=C(NCc1cc(=O)[nH]c2ccccc12)C(F)(F)C1(O)CCC1. The summed E-state index contributed by atoms with van der Waals surface area (Å²) in [4.78, 5) is 26.0. The summed E-state index contributed by atoms with van der Waals surface area (Å²) in [6.45, 7) is -0.213. The van der Waals surface area contributed by atoms with Gasteiger partial charge in [-0.15, -0.1) is 0 Å². The highest BCUT2D eigenvalue weighted by Crippen LogP contribution is 2.44. The van der Waals surface area contributed by atoms with E-state index < -0.39 is 17.4 Å². The number of H-pyrrole nitrogens is 1. The Balaban J connectivity index is 1.81. The molecule has 1 aromatic heterocycles. The normalized spacial score (nSPS) is 16.8. The van der Waals surface area contributed by atoms with Crippen LogP contribution in [0.15, 0.2) is 35.1 Å². The minimum absolute atomic E-state index is 0.0959. The van der Waals surface area contributed by atoms with Gasteiger partial charge in [-0.05, 0) is 30.9 Å². The fraction of sp³-hybridized carbons (Fsp3) is 0.375. The average molecular weight is 322 g/mol. The van der Waals surface area contributed by atoms with Crippen LogP contribution >= 0.6 is 0 Å². The van der Waals surface area contributed by atoms with Crippen LogP contribution < -0.4 is 10.9 Å². The van der Waals surface area contributed by atoms with E-state index in [1.807, 2.05) is 0 Å². The van der Waals surface area contributed by atoms with Gasteiger partial charge in [-0.25, -0.2) is 0 Å². The van der Waals surface area contributed by atoms with Crippen molar-refractivity contribution < 1.29 is 18.7 Å². The van der Waals surface area contributed by atoms with E-state index in [0.29, 0.717) is 22.9 Å². The number of nitrogens with one attached hydrogen (secondary N) is 2. The summed E-state index contributed by atoms with van der Waals surface area (Å²) in [5.41, 5.74) is -1.63. The van der Waals surface area contributed by atoms with E-state index in [9.17, 15) is 23.5 Å². The largest absolute Gasteiger partial charge is 0.383 e. The van der Waals surface area contributed by atoms with E-state index in [2.05, 4.69) is 10.3 Å². The number of aliphatic hydroxyl groups is 1. The van der Waals surface area contributed by atoms with E-state index in [-0.39, 0.29) is 24.9 Å². The zero-order valence-electron chi connectivity index (χ0n) is 12.2. The van der Waals surface area contributed by atoms with Crippen molar-refractivity contribution in [3.05, 3.63) is 46.2 Å². The van der Waals surface area contributed by atoms with Gasteiger partial charge in [0.15, 0.2) is 0 Å². The van der Waals surface area contributed by atoms with Crippen LogP contribution in [0.25, 0.3) is 10.9 Å². The molecule has 1 aliphatic rings. The van der Waals surface area contributed by atoms with E-state index in [1.54, 1.807) is 24.3 Å². The van der Waals surface area contributed by atoms with Crippen molar-refractivity contribution in [2.45, 2.75) is 37.3 Å². The third-order valence-electron chi connectivity index (χ3n) is 4.33. The smallest absolute Gasteiger partial charge is 0.352 e. The predicted molar refractivity (Wildman–Crippen MR) is 80.2 cm³/mol. The molecule has 1 fully saturated rings. The highest BCUT2D eigenvalue weighted by molar-refractivity contribution is 5.86. The second kappa shape index (κ2) is 5.42. The van der Waals surface area contributed by atoms with Crippen molar-refractivity contribution in [3.63, 3.8) is 0 Å². The lowest BCUT2D eigenvalue weighted by Gasteiger charge is -2.41. The molecule has 0 saturated heterocycles. The summed E-state index contributed by atoms with van der Waals surface area (Å²) in [6, 6.07) is 8.16. The number of benzene rings is 1. The summed E-state index contributed by atoms with van der Waals surface area (Å²) < 4.78 is 28.0. The standard InChI is InChI=1S/C16H16F2N2O3/c17-16(18,15(23)6-3-7-15)14(22)19-9-10-8-13(21)20-12-5-2-1-4-11(10)12/h1-2,4-5,8,23H,3,6-7,9H2,(H,19,22)(H,20,21). The number of halogens is 2. The summed E-state index contributed by atoms with van der Waals surface area (Å²) in [7, 11) is 0. The molecule has 5 nitrogen and oxygen atoms in total. The van der Waals surface area contributed by atoms with Gasteiger partial charge in [0.25, 0.3) is 5.91 Å². The Bertz CT molecular complexity index is 812. The van der Waals surface area contributed by atoms with Gasteiger partial charge in [0.1, 0.15) is 5.60 Å². The Morgan fingerprint density at radius 1 is 1.35 bits per heavy atom. The van der Waals surface area contributed by atoms with Crippen molar-refractivity contribution in [2.75, 3.05) is 0 Å². The lowest BCUT2D eigenvalue weighted by Crippen LogP contribution is -2.60. The molecule has 1 amide bonds. The summed E-state index contributed by atoms with van der Waals surface area (Å²) in [5.74, 6) is -5.37. The van der Waals surface area contributed by atoms with E-state index in [1.165, 1.54) is 6.07 Å². The van der Waals surface area contributed by atoms with Crippen LogP contribution in [0, 0.1) is 0 Å². The first kappa shape index (κ1) is 15.6. The van der Waals surface area contributed by atoms with Crippen LogP contribution in [-0.4, -0.2) is 27.5 Å². The molecule has 0 unspecified atom stereocenters. The average Bonchev–Trinajstić information content (AvgIpc) is 2.49. The van der Waals surface area contributed by atoms with Gasteiger partial charge < -0.3 is 15.4 Å². The number of pyridine rings is 1. The molecule has 0 aliphatic heterocycles. The number of hydrogen-bond acceptors (Lipinski definition) is 3. The Kier molecular flexibility index (Phi) is 3.68. The van der Waals surface area contributed by atoms with Crippen molar-refractivity contribution in [1.82, 2.24) is 10.3 Å². The van der Waals surface area contributed by atoms with Crippen LogP contribution in [0.1, 0.15) is 24.8 Å². The number of fused-ring (bicyclic) bond motifs is 1. The molecule has 0 spiro atoms. The Hall–Kier alpha value is -2.28. The molecule has 122 valence electrons. The zero-order valence-corrected chi connectivity index (χ0v) is 12.2. The van der Waals surface area contributed by atoms with Crippen LogP contribution in [0.4, 0.5) is 8.78 Å². The fourth-order valence-electron chi connectivity index (χ4n) is 2.75. The van der Waals surface area contributed by atoms with Gasteiger partial charge in [0, 0.05) is 23.5 Å².